The van der Waals surface area contributed by atoms with E-state index in [9.17, 15) is 9.18 Å². The van der Waals surface area contributed by atoms with Gasteiger partial charge in [-0.25, -0.2) is 4.39 Å². The van der Waals surface area contributed by atoms with Gasteiger partial charge in [0.25, 0.3) is 5.91 Å². The molecule has 0 aliphatic rings. The molecule has 2 aromatic carbocycles. The first kappa shape index (κ1) is 21.1. The van der Waals surface area contributed by atoms with Crippen LogP contribution < -0.4 is 5.32 Å². The summed E-state index contributed by atoms with van der Waals surface area (Å²) < 4.78 is 13.5. The Kier molecular flexibility index (Phi) is 7.95. The Bertz CT molecular complexity index is 727. The van der Waals surface area contributed by atoms with Gasteiger partial charge in [0, 0.05) is 18.7 Å². The van der Waals surface area contributed by atoms with Gasteiger partial charge in [0.2, 0.25) is 0 Å². The number of hydrogen-bond acceptors (Lipinski definition) is 3. The molecule has 0 aliphatic heterocycles. The van der Waals surface area contributed by atoms with Crippen LogP contribution in [-0.2, 0) is 6.54 Å². The summed E-state index contributed by atoms with van der Waals surface area (Å²) >= 11 is 0. The van der Waals surface area contributed by atoms with Crippen molar-refractivity contribution in [3.05, 3.63) is 71.0 Å². The molecular weight excluding hydrogens is 341 g/mol. The van der Waals surface area contributed by atoms with Crippen molar-refractivity contribution >= 4 is 5.91 Å². The summed E-state index contributed by atoms with van der Waals surface area (Å²) in [4.78, 5) is 16.8. The zero-order chi connectivity index (χ0) is 19.8. The average Bonchev–Trinajstić information content (AvgIpc) is 2.66. The molecule has 146 valence electrons. The van der Waals surface area contributed by atoms with E-state index in [1.54, 1.807) is 6.07 Å². The number of carbonyl (C=O) groups is 1. The quantitative estimate of drug-likeness (QED) is 0.730. The fourth-order valence-electron chi connectivity index (χ4n) is 3.07. The van der Waals surface area contributed by atoms with Crippen LogP contribution in [0.2, 0.25) is 0 Å². The Morgan fingerprint density at radius 2 is 1.74 bits per heavy atom. The molecule has 27 heavy (non-hydrogen) atoms. The standard InChI is InChI=1S/C22H30FN3O/c1-5-26(6-2)16-17-10-12-18(13-11-17)22(27)24-15-21(25(3)4)19-8-7-9-20(23)14-19/h7-14,21H,5-6,15-16H2,1-4H3,(H,24,27). The summed E-state index contributed by atoms with van der Waals surface area (Å²) in [5, 5.41) is 2.97. The third-order valence-corrected chi connectivity index (χ3v) is 4.83. The van der Waals surface area contributed by atoms with Crippen LogP contribution in [0.3, 0.4) is 0 Å². The second-order valence-corrected chi connectivity index (χ2v) is 6.90. The van der Waals surface area contributed by atoms with E-state index >= 15 is 0 Å². The van der Waals surface area contributed by atoms with E-state index in [2.05, 4.69) is 24.1 Å². The molecule has 0 saturated heterocycles. The lowest BCUT2D eigenvalue weighted by Crippen LogP contribution is -2.34. The highest BCUT2D eigenvalue weighted by molar-refractivity contribution is 5.94. The van der Waals surface area contributed by atoms with Gasteiger partial charge in [-0.15, -0.1) is 0 Å². The third kappa shape index (κ3) is 6.15. The topological polar surface area (TPSA) is 35.6 Å². The molecule has 0 aliphatic carbocycles. The van der Waals surface area contributed by atoms with Crippen LogP contribution >= 0.6 is 0 Å². The van der Waals surface area contributed by atoms with E-state index in [0.29, 0.717) is 12.1 Å². The number of likely N-dealkylation sites (N-methyl/N-ethyl adjacent to an activating group) is 1. The zero-order valence-electron chi connectivity index (χ0n) is 16.7. The largest absolute Gasteiger partial charge is 0.350 e. The minimum atomic E-state index is -0.269. The molecule has 0 fully saturated rings. The summed E-state index contributed by atoms with van der Waals surface area (Å²) in [6.07, 6.45) is 0. The van der Waals surface area contributed by atoms with Gasteiger partial charge in [-0.05, 0) is 62.6 Å². The fourth-order valence-corrected chi connectivity index (χ4v) is 3.07. The van der Waals surface area contributed by atoms with Crippen LogP contribution in [0.15, 0.2) is 48.5 Å². The van der Waals surface area contributed by atoms with Crippen molar-refractivity contribution in [2.75, 3.05) is 33.7 Å². The van der Waals surface area contributed by atoms with Crippen molar-refractivity contribution in [2.45, 2.75) is 26.4 Å². The molecule has 2 aromatic rings. The minimum Gasteiger partial charge on any atom is -0.350 e. The maximum Gasteiger partial charge on any atom is 0.251 e. The van der Waals surface area contributed by atoms with E-state index in [0.717, 1.165) is 25.2 Å². The monoisotopic (exact) mass is 371 g/mol. The van der Waals surface area contributed by atoms with Crippen molar-refractivity contribution in [3.8, 4) is 0 Å². The van der Waals surface area contributed by atoms with Crippen LogP contribution in [0.4, 0.5) is 4.39 Å². The van der Waals surface area contributed by atoms with Crippen molar-refractivity contribution in [3.63, 3.8) is 0 Å². The van der Waals surface area contributed by atoms with Crippen molar-refractivity contribution in [1.82, 2.24) is 15.1 Å². The predicted octanol–water partition coefficient (Wildman–Crippen LogP) is 3.70. The lowest BCUT2D eigenvalue weighted by atomic mass is 10.1. The summed E-state index contributed by atoms with van der Waals surface area (Å²) in [5.41, 5.74) is 2.67. The molecule has 5 heteroatoms. The first-order valence-electron chi connectivity index (χ1n) is 9.46. The Morgan fingerprint density at radius 3 is 2.30 bits per heavy atom. The van der Waals surface area contributed by atoms with Gasteiger partial charge in [0.05, 0.1) is 6.04 Å². The molecular formula is C22H30FN3O. The Hall–Kier alpha value is -2.24. The molecule has 1 unspecified atom stereocenters. The van der Waals surface area contributed by atoms with Crippen LogP contribution in [-0.4, -0.2) is 49.4 Å². The van der Waals surface area contributed by atoms with Gasteiger partial charge in [-0.3, -0.25) is 9.69 Å². The van der Waals surface area contributed by atoms with Gasteiger partial charge < -0.3 is 10.2 Å². The molecule has 1 atom stereocenters. The number of carbonyl (C=O) groups excluding carboxylic acids is 1. The second-order valence-electron chi connectivity index (χ2n) is 6.90. The Labute approximate surface area is 162 Å². The molecule has 4 nitrogen and oxygen atoms in total. The van der Waals surface area contributed by atoms with Crippen LogP contribution in [0.5, 0.6) is 0 Å². The Balaban J connectivity index is 1.99. The number of benzene rings is 2. The Morgan fingerprint density at radius 1 is 1.07 bits per heavy atom. The van der Waals surface area contributed by atoms with Crippen molar-refractivity contribution in [1.29, 1.82) is 0 Å². The lowest BCUT2D eigenvalue weighted by Gasteiger charge is -2.25. The highest BCUT2D eigenvalue weighted by Gasteiger charge is 2.16. The number of rotatable bonds is 9. The van der Waals surface area contributed by atoms with E-state index < -0.39 is 0 Å². The molecule has 0 heterocycles. The molecule has 2 rings (SSSR count). The SMILES string of the molecule is CCN(CC)Cc1ccc(C(=O)NCC(c2cccc(F)c2)N(C)C)cc1. The number of amides is 1. The third-order valence-electron chi connectivity index (χ3n) is 4.83. The molecule has 1 N–H and O–H groups in total. The van der Waals surface area contributed by atoms with Crippen molar-refractivity contribution in [2.24, 2.45) is 0 Å². The van der Waals surface area contributed by atoms with E-state index in [1.165, 1.54) is 17.7 Å². The summed E-state index contributed by atoms with van der Waals surface area (Å²) in [7, 11) is 3.84. The predicted molar refractivity (Wildman–Crippen MR) is 108 cm³/mol. The first-order valence-corrected chi connectivity index (χ1v) is 9.46. The first-order chi connectivity index (χ1) is 12.9. The summed E-state index contributed by atoms with van der Waals surface area (Å²) in [6.45, 7) is 7.60. The lowest BCUT2D eigenvalue weighted by molar-refractivity contribution is 0.0942. The van der Waals surface area contributed by atoms with Crippen LogP contribution in [0.1, 0.15) is 41.4 Å². The molecule has 1 amide bonds. The highest BCUT2D eigenvalue weighted by atomic mass is 19.1. The number of nitrogens with zero attached hydrogens (tertiary/aromatic N) is 2. The van der Waals surface area contributed by atoms with Gasteiger partial charge >= 0.3 is 0 Å². The molecule has 0 bridgehead atoms. The van der Waals surface area contributed by atoms with E-state index in [1.807, 2.05) is 49.3 Å². The average molecular weight is 372 g/mol. The summed E-state index contributed by atoms with van der Waals surface area (Å²) in [6, 6.07) is 14.1. The van der Waals surface area contributed by atoms with Crippen LogP contribution in [0.25, 0.3) is 0 Å². The van der Waals surface area contributed by atoms with Gasteiger partial charge in [-0.2, -0.15) is 0 Å². The summed E-state index contributed by atoms with van der Waals surface area (Å²) in [5.74, 6) is -0.387. The molecule has 0 aromatic heterocycles. The normalized spacial score (nSPS) is 12.4. The zero-order valence-corrected chi connectivity index (χ0v) is 16.7. The van der Waals surface area contributed by atoms with Crippen molar-refractivity contribution < 1.29 is 9.18 Å². The van der Waals surface area contributed by atoms with Gasteiger partial charge in [0.1, 0.15) is 5.82 Å². The number of hydrogen-bond donors (Lipinski definition) is 1. The highest BCUT2D eigenvalue weighted by Crippen LogP contribution is 2.18. The number of nitrogens with one attached hydrogen (secondary N) is 1. The van der Waals surface area contributed by atoms with E-state index in [4.69, 9.17) is 0 Å². The number of halogens is 1. The van der Waals surface area contributed by atoms with Gasteiger partial charge in [-0.1, -0.05) is 38.1 Å². The maximum absolute atomic E-state index is 13.5. The maximum atomic E-state index is 13.5. The fraction of sp³-hybridized carbons (Fsp3) is 0.409. The van der Waals surface area contributed by atoms with Crippen LogP contribution in [0, 0.1) is 5.82 Å². The minimum absolute atomic E-state index is 0.0911. The smallest absolute Gasteiger partial charge is 0.251 e. The molecule has 0 radical (unpaired) electrons. The second kappa shape index (κ2) is 10.2. The molecule has 0 saturated carbocycles. The van der Waals surface area contributed by atoms with E-state index in [-0.39, 0.29) is 17.8 Å². The van der Waals surface area contributed by atoms with Gasteiger partial charge in [0.15, 0.2) is 0 Å². The molecule has 0 spiro atoms.